The summed E-state index contributed by atoms with van der Waals surface area (Å²) in [5.74, 6) is -1.96. The minimum atomic E-state index is -4.73. The van der Waals surface area contributed by atoms with Gasteiger partial charge in [0.05, 0.1) is 6.61 Å². The van der Waals surface area contributed by atoms with Crippen LogP contribution in [0.15, 0.2) is 41.4 Å². The van der Waals surface area contributed by atoms with E-state index < -0.39 is 42.2 Å². The van der Waals surface area contributed by atoms with Gasteiger partial charge >= 0.3 is 6.18 Å². The average Bonchev–Trinajstić information content (AvgIpc) is 3.29. The van der Waals surface area contributed by atoms with Crippen LogP contribution in [0.3, 0.4) is 0 Å². The smallest absolute Gasteiger partial charge is 0.368 e. The van der Waals surface area contributed by atoms with Crippen LogP contribution >= 0.6 is 0 Å². The second kappa shape index (κ2) is 7.70. The predicted molar refractivity (Wildman–Crippen MR) is 89.6 cm³/mol. The molecule has 2 aromatic rings. The third kappa shape index (κ3) is 3.77. The van der Waals surface area contributed by atoms with Crippen LogP contribution in [0.4, 0.5) is 17.6 Å². The lowest BCUT2D eigenvalue weighted by molar-refractivity contribution is -0.194. The van der Waals surface area contributed by atoms with E-state index in [4.69, 9.17) is 9.26 Å². The summed E-state index contributed by atoms with van der Waals surface area (Å²) in [6.45, 7) is 2.41. The number of amides is 1. The molecular weight excluding hydrogens is 382 g/mol. The van der Waals surface area contributed by atoms with Gasteiger partial charge in [-0.05, 0) is 18.6 Å². The second-order valence-corrected chi connectivity index (χ2v) is 6.38. The Hall–Kier alpha value is -2.75. The molecule has 1 aromatic heterocycles. The largest absolute Gasteiger partial charge is 0.405 e. The highest BCUT2D eigenvalue weighted by atomic mass is 19.4. The van der Waals surface area contributed by atoms with Gasteiger partial charge in [0, 0.05) is 18.7 Å². The number of ether oxygens (including phenoxy) is 1. The number of nitrogens with zero attached hydrogens (tertiary/aromatic N) is 3. The van der Waals surface area contributed by atoms with Crippen LogP contribution in [-0.2, 0) is 14.9 Å². The Kier molecular flexibility index (Phi) is 5.50. The molecule has 0 saturated carbocycles. The lowest BCUT2D eigenvalue weighted by atomic mass is 9.86. The van der Waals surface area contributed by atoms with Crippen molar-refractivity contribution in [2.45, 2.75) is 18.0 Å². The molecule has 10 heteroatoms. The zero-order valence-corrected chi connectivity index (χ0v) is 14.7. The van der Waals surface area contributed by atoms with E-state index >= 15 is 0 Å². The number of alkyl halides is 3. The maximum absolute atomic E-state index is 14.0. The molecule has 1 aliphatic heterocycles. The molecule has 0 bridgehead atoms. The van der Waals surface area contributed by atoms with Crippen LogP contribution in [0.5, 0.6) is 0 Å². The summed E-state index contributed by atoms with van der Waals surface area (Å²) in [7, 11) is 0. The van der Waals surface area contributed by atoms with Crippen molar-refractivity contribution >= 4 is 5.91 Å². The van der Waals surface area contributed by atoms with E-state index in [2.05, 4.69) is 16.7 Å². The summed E-state index contributed by atoms with van der Waals surface area (Å²) in [6.07, 6.45) is -3.71. The van der Waals surface area contributed by atoms with Crippen LogP contribution in [0, 0.1) is 5.82 Å². The first-order valence-corrected chi connectivity index (χ1v) is 8.40. The van der Waals surface area contributed by atoms with Gasteiger partial charge in [0.2, 0.25) is 17.6 Å². The van der Waals surface area contributed by atoms with Crippen LogP contribution < -0.4 is 0 Å². The van der Waals surface area contributed by atoms with Crippen LogP contribution in [0.2, 0.25) is 0 Å². The lowest BCUT2D eigenvalue weighted by Crippen LogP contribution is -2.46. The van der Waals surface area contributed by atoms with Gasteiger partial charge in [-0.25, -0.2) is 4.39 Å². The van der Waals surface area contributed by atoms with E-state index in [0.717, 1.165) is 11.0 Å². The summed E-state index contributed by atoms with van der Waals surface area (Å²) < 4.78 is 65.1. The van der Waals surface area contributed by atoms with E-state index in [9.17, 15) is 22.4 Å². The number of carbonyl (C=O) groups is 1. The summed E-state index contributed by atoms with van der Waals surface area (Å²) in [5, 5.41) is 3.57. The van der Waals surface area contributed by atoms with Gasteiger partial charge in [0.15, 0.2) is 5.41 Å². The van der Waals surface area contributed by atoms with E-state index in [-0.39, 0.29) is 31.1 Å². The SMILES string of the molecule is C=CCOCC(=O)N1CCC(c2nc(-c3cccc(F)c3)no2)(C(F)(F)F)C1. The van der Waals surface area contributed by atoms with Crippen LogP contribution in [0.1, 0.15) is 12.3 Å². The molecule has 1 atom stereocenters. The van der Waals surface area contributed by atoms with Gasteiger partial charge in [-0.2, -0.15) is 18.2 Å². The Morgan fingerprint density at radius 1 is 1.43 bits per heavy atom. The van der Waals surface area contributed by atoms with Crippen molar-refractivity contribution in [3.8, 4) is 11.4 Å². The molecule has 0 spiro atoms. The molecule has 1 unspecified atom stereocenters. The molecule has 1 saturated heterocycles. The van der Waals surface area contributed by atoms with Crippen molar-refractivity contribution in [1.29, 1.82) is 0 Å². The minimum absolute atomic E-state index is 0.116. The summed E-state index contributed by atoms with van der Waals surface area (Å²) in [6, 6.07) is 5.13. The quantitative estimate of drug-likeness (QED) is 0.424. The molecule has 1 aromatic carbocycles. The highest BCUT2D eigenvalue weighted by molar-refractivity contribution is 5.78. The highest BCUT2D eigenvalue weighted by Gasteiger charge is 2.63. The fourth-order valence-corrected chi connectivity index (χ4v) is 3.03. The van der Waals surface area contributed by atoms with Gasteiger partial charge in [-0.15, -0.1) is 6.58 Å². The van der Waals surface area contributed by atoms with E-state index in [1.54, 1.807) is 0 Å². The maximum atomic E-state index is 14.0. The molecule has 1 aliphatic rings. The van der Waals surface area contributed by atoms with Crippen LogP contribution in [0.25, 0.3) is 11.4 Å². The molecule has 6 nitrogen and oxygen atoms in total. The third-order valence-electron chi connectivity index (χ3n) is 4.54. The fourth-order valence-electron chi connectivity index (χ4n) is 3.03. The number of rotatable bonds is 6. The molecule has 1 fully saturated rings. The highest BCUT2D eigenvalue weighted by Crippen LogP contribution is 2.47. The predicted octanol–water partition coefficient (Wildman–Crippen LogP) is 3.11. The Morgan fingerprint density at radius 2 is 2.21 bits per heavy atom. The fraction of sp³-hybridized carbons (Fsp3) is 0.389. The molecule has 0 radical (unpaired) electrons. The molecule has 2 heterocycles. The third-order valence-corrected chi connectivity index (χ3v) is 4.54. The van der Waals surface area contributed by atoms with Crippen molar-refractivity contribution < 1.29 is 31.6 Å². The van der Waals surface area contributed by atoms with Gasteiger partial charge in [0.25, 0.3) is 0 Å². The van der Waals surface area contributed by atoms with Gasteiger partial charge in [-0.1, -0.05) is 23.4 Å². The molecule has 0 aliphatic carbocycles. The van der Waals surface area contributed by atoms with Crippen molar-refractivity contribution in [2.24, 2.45) is 0 Å². The molecule has 3 rings (SSSR count). The zero-order chi connectivity index (χ0) is 20.4. The topological polar surface area (TPSA) is 68.5 Å². The van der Waals surface area contributed by atoms with Crippen LogP contribution in [-0.4, -0.2) is 53.4 Å². The Balaban J connectivity index is 1.86. The first kappa shape index (κ1) is 20.0. The van der Waals surface area contributed by atoms with Crippen molar-refractivity contribution in [2.75, 3.05) is 26.3 Å². The summed E-state index contributed by atoms with van der Waals surface area (Å²) in [5.41, 5.74) is -2.30. The number of hydrogen-bond donors (Lipinski definition) is 0. The standard InChI is InChI=1S/C18H17F4N3O3/c1-2-8-27-10-14(26)25-7-6-17(11-25,18(20,21)22)16-23-15(24-28-16)12-4-3-5-13(19)9-12/h2-5,9H,1,6-8,10-11H2. The second-order valence-electron chi connectivity index (χ2n) is 6.38. The molecule has 28 heavy (non-hydrogen) atoms. The number of halogens is 4. The number of benzene rings is 1. The first-order valence-electron chi connectivity index (χ1n) is 8.40. The first-order chi connectivity index (χ1) is 13.3. The van der Waals surface area contributed by atoms with Crippen molar-refractivity contribution in [1.82, 2.24) is 15.0 Å². The average molecular weight is 399 g/mol. The number of hydrogen-bond acceptors (Lipinski definition) is 5. The zero-order valence-electron chi connectivity index (χ0n) is 14.7. The molecule has 0 N–H and O–H groups in total. The van der Waals surface area contributed by atoms with Gasteiger partial charge < -0.3 is 14.2 Å². The number of aromatic nitrogens is 2. The normalized spacial score (nSPS) is 19.8. The van der Waals surface area contributed by atoms with Gasteiger partial charge in [0.1, 0.15) is 12.4 Å². The Morgan fingerprint density at radius 3 is 2.89 bits per heavy atom. The Bertz CT molecular complexity index is 868. The van der Waals surface area contributed by atoms with Gasteiger partial charge in [-0.3, -0.25) is 4.79 Å². The van der Waals surface area contributed by atoms with E-state index in [0.29, 0.717) is 0 Å². The van der Waals surface area contributed by atoms with E-state index in [1.807, 2.05) is 0 Å². The summed E-state index contributed by atoms with van der Waals surface area (Å²) >= 11 is 0. The maximum Gasteiger partial charge on any atom is 0.405 e. The summed E-state index contributed by atoms with van der Waals surface area (Å²) in [4.78, 5) is 17.0. The minimum Gasteiger partial charge on any atom is -0.368 e. The van der Waals surface area contributed by atoms with Crippen molar-refractivity contribution in [3.05, 3.63) is 48.6 Å². The molecule has 1 amide bonds. The lowest BCUT2D eigenvalue weighted by Gasteiger charge is -2.27. The number of likely N-dealkylation sites (tertiary alicyclic amines) is 1. The number of carbonyl (C=O) groups excluding carboxylic acids is 1. The van der Waals surface area contributed by atoms with E-state index in [1.165, 1.54) is 24.3 Å². The Labute approximate surface area is 157 Å². The molecule has 150 valence electrons. The van der Waals surface area contributed by atoms with Crippen molar-refractivity contribution in [3.63, 3.8) is 0 Å². The molecular formula is C18H17F4N3O3. The monoisotopic (exact) mass is 399 g/mol.